The molecule has 10 aromatic carbocycles. The summed E-state index contributed by atoms with van der Waals surface area (Å²) in [6.45, 7) is 20.0. The fourth-order valence-electron chi connectivity index (χ4n) is 11.1. The molecule has 590 valence electrons. The van der Waals surface area contributed by atoms with Gasteiger partial charge in [-0.2, -0.15) is 5.26 Å². The number of phenols is 6. The number of methoxy groups -OCH3 is 5. The van der Waals surface area contributed by atoms with Crippen LogP contribution in [0.2, 0.25) is 0 Å². The third-order valence-electron chi connectivity index (χ3n) is 17.6. The van der Waals surface area contributed by atoms with Gasteiger partial charge in [0.15, 0.2) is 133 Å². The topological polar surface area (TPSA) is 335 Å². The first-order valence-electron chi connectivity index (χ1n) is 35.8. The number of hydrogen-bond acceptors (Lipinski definition) is 24. The molecule has 0 aliphatic carbocycles. The van der Waals surface area contributed by atoms with E-state index in [4.69, 9.17) is 73.1 Å². The summed E-state index contributed by atoms with van der Waals surface area (Å²) in [5.74, 6) is 6.87. The fraction of sp³-hybridized carbons (Fsp3) is 0.195. The van der Waals surface area contributed by atoms with Crippen molar-refractivity contribution in [2.75, 3.05) is 55.4 Å². The number of halogens is 3. The second-order valence-electron chi connectivity index (χ2n) is 25.3. The van der Waals surface area contributed by atoms with E-state index in [1.165, 1.54) is 88.0 Å². The number of ether oxygens (including phenoxy) is 8. The molecule has 0 spiro atoms. The van der Waals surface area contributed by atoms with Crippen molar-refractivity contribution in [2.45, 2.75) is 62.3 Å². The van der Waals surface area contributed by atoms with Gasteiger partial charge in [-0.3, -0.25) is 0 Å². The van der Waals surface area contributed by atoms with E-state index in [0.717, 1.165) is 33.4 Å². The first-order valence-corrected chi connectivity index (χ1v) is 38.5. The normalized spacial score (nSPS) is 10.4. The predicted molar refractivity (Wildman–Crippen MR) is 457 cm³/mol. The maximum Gasteiger partial charge on any atom is 0.369 e. The number of benzene rings is 10. The van der Waals surface area contributed by atoms with Crippen LogP contribution in [0.25, 0.3) is 102 Å². The Hall–Kier alpha value is -12.6. The highest BCUT2D eigenvalue weighted by molar-refractivity contribution is 9.69. The van der Waals surface area contributed by atoms with E-state index in [-0.39, 0.29) is 55.2 Å². The summed E-state index contributed by atoms with van der Waals surface area (Å²) in [4.78, 5) is 42.1. The molecule has 115 heavy (non-hydrogen) atoms. The molecule has 3 heterocycles. The minimum absolute atomic E-state index is 0.144. The maximum atomic E-state index is 9.83. The lowest BCUT2D eigenvalue weighted by molar-refractivity contribution is 0.288. The van der Waals surface area contributed by atoms with E-state index in [1.54, 1.807) is 53.7 Å². The average Bonchev–Trinajstić information content (AvgIpc) is 0.801. The molecule has 0 aliphatic rings. The van der Waals surface area contributed by atoms with Gasteiger partial charge < -0.3 is 68.5 Å². The molecular formula is C87H84BBr3N10O14. The molecule has 28 heteroatoms. The monoisotopic (exact) mass is 1740 g/mol. The lowest BCUT2D eigenvalue weighted by atomic mass is 10.0. The molecule has 6 N–H and O–H groups in total. The van der Waals surface area contributed by atoms with Gasteiger partial charge in [0.05, 0.1) is 67.0 Å². The molecule has 3 aromatic heterocycles. The number of nitriles is 1. The Balaban J connectivity index is 0.000000181. The van der Waals surface area contributed by atoms with Crippen molar-refractivity contribution in [2.24, 2.45) is 0 Å². The van der Waals surface area contributed by atoms with Crippen LogP contribution >= 0.6 is 47.3 Å². The number of rotatable bonds is 20. The summed E-state index contributed by atoms with van der Waals surface area (Å²) >= 11 is 9.31. The number of nitrogens with zero attached hydrogens (tertiary/aromatic N) is 10. The highest BCUT2D eigenvalue weighted by Gasteiger charge is 2.21. The summed E-state index contributed by atoms with van der Waals surface area (Å²) in [6, 6.07) is 55.1. The van der Waals surface area contributed by atoms with Crippen molar-refractivity contribution < 1.29 is 68.5 Å². The second-order valence-corrected chi connectivity index (χ2v) is 31.7. The smallest absolute Gasteiger partial charge is 0.369 e. The van der Waals surface area contributed by atoms with Crippen LogP contribution in [0.3, 0.4) is 0 Å². The van der Waals surface area contributed by atoms with Crippen LogP contribution in [-0.2, 0) is 0 Å². The summed E-state index contributed by atoms with van der Waals surface area (Å²) in [5.41, 5.74) is 14.4. The van der Waals surface area contributed by atoms with E-state index < -0.39 is 0 Å². The predicted octanol–water partition coefficient (Wildman–Crippen LogP) is 19.7. The molecule has 0 atom stereocenters. The summed E-state index contributed by atoms with van der Waals surface area (Å²) in [7, 11) is 7.89. The Labute approximate surface area is 692 Å². The molecule has 13 aromatic rings. The Morgan fingerprint density at radius 1 is 0.270 bits per heavy atom. The summed E-state index contributed by atoms with van der Waals surface area (Å²) < 4.78 is 44.0. The van der Waals surface area contributed by atoms with Crippen LogP contribution in [0.5, 0.6) is 80.5 Å². The Morgan fingerprint density at radius 3 is 0.757 bits per heavy atom. The zero-order valence-electron chi connectivity index (χ0n) is 65.6. The SMILES string of the molecule is BrB(Br)Br.CCOc1cc(-c2nc(-c3ccc(OC)c(OC)c3)nc(-c3ccc(OCC)c(OCC)c3)n2)ccc1OC.COc1ccc(C#N)cc1OC.Cc1ccc(-c2nc(-c3ccc(C)c(C)c3)nc(-c3ccc(C)c(C)c3)n2)cc1C.Oc1ccc(-c2nc(-c3ccc(O)c(O)c3)nc(-c3ccc(O)c(O)c3)n2)cc1O. The Morgan fingerprint density at radius 2 is 0.487 bits per heavy atom. The molecule has 24 nitrogen and oxygen atoms in total. The minimum Gasteiger partial charge on any atom is -0.504 e. The molecule has 0 saturated heterocycles. The molecule has 0 unspecified atom stereocenters. The van der Waals surface area contributed by atoms with Gasteiger partial charge in [0.25, 0.3) is 0 Å². The van der Waals surface area contributed by atoms with Gasteiger partial charge in [-0.05, 0) is 235 Å². The molecule has 0 aliphatic heterocycles. The van der Waals surface area contributed by atoms with Crippen molar-refractivity contribution in [3.05, 3.63) is 221 Å². The van der Waals surface area contributed by atoms with Crippen molar-refractivity contribution in [3.8, 4) is 189 Å². The lowest BCUT2D eigenvalue weighted by Crippen LogP contribution is -2.03. The van der Waals surface area contributed by atoms with Crippen LogP contribution in [-0.4, -0.2) is 134 Å². The van der Waals surface area contributed by atoms with Crippen LogP contribution < -0.4 is 37.9 Å². The van der Waals surface area contributed by atoms with Gasteiger partial charge in [0.2, 0.25) is 0 Å². The highest BCUT2D eigenvalue weighted by atomic mass is 79.9. The van der Waals surface area contributed by atoms with Gasteiger partial charge in [0, 0.05) is 56.1 Å². The van der Waals surface area contributed by atoms with E-state index >= 15 is 0 Å². The minimum atomic E-state index is -0.361. The van der Waals surface area contributed by atoms with Gasteiger partial charge in [-0.25, -0.2) is 44.9 Å². The maximum absolute atomic E-state index is 9.83. The largest absolute Gasteiger partial charge is 0.504 e. The molecule has 0 saturated carbocycles. The van der Waals surface area contributed by atoms with Gasteiger partial charge in [-0.1, -0.05) is 36.4 Å². The van der Waals surface area contributed by atoms with Crippen LogP contribution in [0.15, 0.2) is 182 Å². The summed E-state index contributed by atoms with van der Waals surface area (Å²) in [5, 5.41) is 66.7. The van der Waals surface area contributed by atoms with Crippen molar-refractivity contribution in [1.82, 2.24) is 44.9 Å². The van der Waals surface area contributed by atoms with Crippen molar-refractivity contribution in [1.29, 1.82) is 5.26 Å². The second kappa shape index (κ2) is 40.8. The van der Waals surface area contributed by atoms with Crippen LogP contribution in [0, 0.1) is 52.9 Å². The summed E-state index contributed by atoms with van der Waals surface area (Å²) in [6.07, 6.45) is 0. The van der Waals surface area contributed by atoms with Crippen LogP contribution in [0.4, 0.5) is 0 Å². The van der Waals surface area contributed by atoms with E-state index in [0.29, 0.717) is 123 Å². The first kappa shape index (κ1) is 86.4. The zero-order chi connectivity index (χ0) is 83.2. The van der Waals surface area contributed by atoms with Gasteiger partial charge in [0.1, 0.15) is 0 Å². The molecule has 0 fully saturated rings. The number of hydrogen-bond donors (Lipinski definition) is 6. The molecule has 0 bridgehead atoms. The zero-order valence-corrected chi connectivity index (χ0v) is 70.3. The molecular weight excluding hydrogens is 1660 g/mol. The highest BCUT2D eigenvalue weighted by Crippen LogP contribution is 2.40. The van der Waals surface area contributed by atoms with E-state index in [9.17, 15) is 30.6 Å². The quantitative estimate of drug-likeness (QED) is 0.0305. The molecule has 0 amide bonds. The van der Waals surface area contributed by atoms with Gasteiger partial charge in [-0.15, -0.1) is 47.3 Å². The number of aromatic hydroxyl groups is 6. The van der Waals surface area contributed by atoms with Gasteiger partial charge >= 0.3 is 3.18 Å². The lowest BCUT2D eigenvalue weighted by Gasteiger charge is -2.14. The number of aromatic nitrogens is 9. The molecule has 13 rings (SSSR count). The van der Waals surface area contributed by atoms with Crippen LogP contribution in [0.1, 0.15) is 59.7 Å². The third kappa shape index (κ3) is 22.6. The standard InChI is InChI=1S/C30H33N3O6.C27H27N3.C21H15N3O6.C9H9NO2.BBr3/c1-7-37-24-15-12-21(18-27(24)39-9-3)30-32-28(19-10-13-22(34-4)25(16-19)36-6)31-29(33-30)20-11-14-23(35-5)26(17-20)38-8-2;1-16-7-10-22(13-19(16)4)25-28-26(23-11-8-17(2)20(5)14-23)30-27(29-25)24-12-9-18(3)21(6)15-24;25-13-4-1-10(7-16(13)28)19-22-20(11-2-5-14(26)17(29)8-11)24-21(23-19)12-3-6-15(27)18(30)9-12;1-11-8-4-3-7(6-10)5-9(8)12-2;2-1(3)4/h10-18H,7-9H2,1-6H3;7-15H,1-6H3;1-9,25-30H;3-5H,1-2H3;. The third-order valence-corrected chi connectivity index (χ3v) is 17.6. The van der Waals surface area contributed by atoms with E-state index in [1.807, 2.05) is 81.4 Å². The van der Waals surface area contributed by atoms with Crippen molar-refractivity contribution in [3.63, 3.8) is 0 Å². The van der Waals surface area contributed by atoms with Crippen molar-refractivity contribution >= 4 is 50.5 Å². The molecule has 0 radical (unpaired) electrons. The average molecular weight is 1740 g/mol. The Kier molecular flexibility index (Phi) is 30.6. The fourth-order valence-corrected chi connectivity index (χ4v) is 11.1. The number of phenolic OH excluding ortho intramolecular Hbond substituents is 6. The number of aryl methyl sites for hydroxylation is 6. The Bertz CT molecular complexity index is 5110. The van der Waals surface area contributed by atoms with E-state index in [2.05, 4.69) is 158 Å². The first-order chi connectivity index (χ1) is 55.2.